The molecule has 0 radical (unpaired) electrons. The molecular formula is C21H26N2O4. The smallest absolute Gasteiger partial charge is 0.235 e. The Morgan fingerprint density at radius 2 is 1.93 bits per heavy atom. The number of rotatable bonds is 8. The quantitative estimate of drug-likeness (QED) is 0.723. The maximum atomic E-state index is 13.2. The monoisotopic (exact) mass is 370 g/mol. The largest absolute Gasteiger partial charge is 0.475 e. The number of hydrogen-bond donors (Lipinski definition) is 1. The van der Waals surface area contributed by atoms with Crippen molar-refractivity contribution in [2.24, 2.45) is 0 Å². The van der Waals surface area contributed by atoms with Crippen molar-refractivity contribution in [1.29, 1.82) is 0 Å². The Labute approximate surface area is 159 Å². The molecule has 2 aromatic rings. The molecule has 0 bridgehead atoms. The van der Waals surface area contributed by atoms with Gasteiger partial charge in [0, 0.05) is 25.9 Å². The van der Waals surface area contributed by atoms with Gasteiger partial charge in [0.25, 0.3) is 0 Å². The molecule has 144 valence electrons. The van der Waals surface area contributed by atoms with Crippen LogP contribution in [-0.2, 0) is 19.7 Å². The third-order valence-electron chi connectivity index (χ3n) is 4.78. The minimum absolute atomic E-state index is 0.0242. The van der Waals surface area contributed by atoms with Crippen LogP contribution in [0.2, 0.25) is 0 Å². The summed E-state index contributed by atoms with van der Waals surface area (Å²) in [7, 11) is 0. The molecule has 1 amide bonds. The predicted octanol–water partition coefficient (Wildman–Crippen LogP) is 3.18. The molecule has 0 aliphatic carbocycles. The fourth-order valence-electron chi connectivity index (χ4n) is 3.26. The molecule has 2 heterocycles. The summed E-state index contributed by atoms with van der Waals surface area (Å²) in [5.41, 5.74) is 1.10. The summed E-state index contributed by atoms with van der Waals surface area (Å²) < 4.78 is 16.2. The van der Waals surface area contributed by atoms with Gasteiger partial charge in [-0.1, -0.05) is 30.3 Å². The van der Waals surface area contributed by atoms with Crippen molar-refractivity contribution >= 4 is 11.6 Å². The van der Waals surface area contributed by atoms with Crippen molar-refractivity contribution in [3.8, 4) is 5.88 Å². The highest BCUT2D eigenvalue weighted by molar-refractivity contribution is 5.99. The Hall–Kier alpha value is -2.44. The van der Waals surface area contributed by atoms with Crippen LogP contribution >= 0.6 is 0 Å². The second-order valence-electron chi connectivity index (χ2n) is 6.45. The first-order valence-electron chi connectivity index (χ1n) is 9.36. The SMILES string of the molecule is CCOCCOc1ccc(NC(=O)C2(c3ccccc3)CCOCC2)cn1. The molecule has 0 spiro atoms. The molecule has 0 unspecified atom stereocenters. The Balaban J connectivity index is 1.67. The maximum Gasteiger partial charge on any atom is 0.235 e. The van der Waals surface area contributed by atoms with Gasteiger partial charge in [0.2, 0.25) is 11.8 Å². The van der Waals surface area contributed by atoms with E-state index in [0.717, 1.165) is 5.56 Å². The van der Waals surface area contributed by atoms with E-state index in [1.807, 2.05) is 37.3 Å². The standard InChI is InChI=1S/C21H26N2O4/c1-2-25-14-15-27-19-9-8-18(16-22-19)23-20(24)21(10-12-26-13-11-21)17-6-4-3-5-7-17/h3-9,16H,2,10-15H2,1H3,(H,23,24). The van der Waals surface area contributed by atoms with Gasteiger partial charge < -0.3 is 19.5 Å². The van der Waals surface area contributed by atoms with Gasteiger partial charge in [0.05, 0.1) is 23.9 Å². The first kappa shape index (κ1) is 19.3. The highest BCUT2D eigenvalue weighted by Crippen LogP contribution is 2.36. The summed E-state index contributed by atoms with van der Waals surface area (Å²) in [6.45, 7) is 4.73. The zero-order valence-electron chi connectivity index (χ0n) is 15.6. The second kappa shape index (κ2) is 9.48. The van der Waals surface area contributed by atoms with Crippen LogP contribution < -0.4 is 10.1 Å². The lowest BCUT2D eigenvalue weighted by Gasteiger charge is -2.36. The van der Waals surface area contributed by atoms with E-state index in [-0.39, 0.29) is 5.91 Å². The van der Waals surface area contributed by atoms with Crippen molar-refractivity contribution in [3.05, 3.63) is 54.2 Å². The molecule has 3 rings (SSSR count). The van der Waals surface area contributed by atoms with Gasteiger partial charge in [-0.2, -0.15) is 0 Å². The lowest BCUT2D eigenvalue weighted by molar-refractivity contribution is -0.125. The number of amides is 1. The first-order valence-corrected chi connectivity index (χ1v) is 9.36. The van der Waals surface area contributed by atoms with Gasteiger partial charge in [-0.05, 0) is 31.4 Å². The van der Waals surface area contributed by atoms with Crippen molar-refractivity contribution in [3.63, 3.8) is 0 Å². The van der Waals surface area contributed by atoms with Crippen LogP contribution in [0, 0.1) is 0 Å². The van der Waals surface area contributed by atoms with Crippen molar-refractivity contribution in [2.45, 2.75) is 25.2 Å². The predicted molar refractivity (Wildman–Crippen MR) is 103 cm³/mol. The number of hydrogen-bond acceptors (Lipinski definition) is 5. The van der Waals surface area contributed by atoms with Crippen LogP contribution in [0.1, 0.15) is 25.3 Å². The Morgan fingerprint density at radius 3 is 2.59 bits per heavy atom. The average molecular weight is 370 g/mol. The lowest BCUT2D eigenvalue weighted by Crippen LogP contribution is -2.44. The van der Waals surface area contributed by atoms with Crippen LogP contribution in [0.15, 0.2) is 48.7 Å². The van der Waals surface area contributed by atoms with E-state index in [0.29, 0.717) is 57.4 Å². The maximum absolute atomic E-state index is 13.2. The minimum Gasteiger partial charge on any atom is -0.475 e. The molecule has 27 heavy (non-hydrogen) atoms. The number of aromatic nitrogens is 1. The van der Waals surface area contributed by atoms with Gasteiger partial charge in [-0.3, -0.25) is 4.79 Å². The number of carbonyl (C=O) groups excluding carboxylic acids is 1. The molecule has 0 atom stereocenters. The highest BCUT2D eigenvalue weighted by atomic mass is 16.5. The lowest BCUT2D eigenvalue weighted by atomic mass is 9.73. The molecule has 1 aliphatic heterocycles. The summed E-state index contributed by atoms with van der Waals surface area (Å²) in [6.07, 6.45) is 2.94. The Bertz CT molecular complexity index is 713. The van der Waals surface area contributed by atoms with Crippen LogP contribution in [-0.4, -0.2) is 43.9 Å². The van der Waals surface area contributed by atoms with E-state index in [2.05, 4.69) is 10.3 Å². The summed E-state index contributed by atoms with van der Waals surface area (Å²) in [4.78, 5) is 17.4. The summed E-state index contributed by atoms with van der Waals surface area (Å²) >= 11 is 0. The highest BCUT2D eigenvalue weighted by Gasteiger charge is 2.41. The van der Waals surface area contributed by atoms with Gasteiger partial charge in [0.1, 0.15) is 6.61 Å². The second-order valence-corrected chi connectivity index (χ2v) is 6.45. The first-order chi connectivity index (χ1) is 13.2. The number of anilines is 1. The van der Waals surface area contributed by atoms with E-state index in [1.165, 1.54) is 0 Å². The normalized spacial score (nSPS) is 15.9. The molecule has 0 saturated carbocycles. The summed E-state index contributed by atoms with van der Waals surface area (Å²) in [5.74, 6) is 0.486. The molecule has 1 saturated heterocycles. The number of carbonyl (C=O) groups is 1. The number of ether oxygens (including phenoxy) is 3. The van der Waals surface area contributed by atoms with Crippen molar-refractivity contribution in [2.75, 3.05) is 38.4 Å². The molecule has 1 fully saturated rings. The molecular weight excluding hydrogens is 344 g/mol. The molecule has 1 aromatic carbocycles. The number of nitrogens with one attached hydrogen (secondary N) is 1. The molecule has 6 nitrogen and oxygen atoms in total. The van der Waals surface area contributed by atoms with Gasteiger partial charge in [0.15, 0.2) is 0 Å². The zero-order valence-corrected chi connectivity index (χ0v) is 15.6. The molecule has 1 N–H and O–H groups in total. The number of benzene rings is 1. The van der Waals surface area contributed by atoms with E-state index >= 15 is 0 Å². The van der Waals surface area contributed by atoms with Crippen LogP contribution in [0.25, 0.3) is 0 Å². The van der Waals surface area contributed by atoms with Gasteiger partial charge in [-0.15, -0.1) is 0 Å². The van der Waals surface area contributed by atoms with E-state index in [4.69, 9.17) is 14.2 Å². The average Bonchev–Trinajstić information content (AvgIpc) is 2.73. The van der Waals surface area contributed by atoms with Crippen molar-refractivity contribution in [1.82, 2.24) is 4.98 Å². The summed E-state index contributed by atoms with van der Waals surface area (Å²) in [5, 5.41) is 3.02. The molecule has 1 aliphatic rings. The van der Waals surface area contributed by atoms with Crippen LogP contribution in [0.5, 0.6) is 5.88 Å². The third-order valence-corrected chi connectivity index (χ3v) is 4.78. The third kappa shape index (κ3) is 4.84. The fourth-order valence-corrected chi connectivity index (χ4v) is 3.26. The van der Waals surface area contributed by atoms with Gasteiger partial charge >= 0.3 is 0 Å². The molecule has 1 aromatic heterocycles. The topological polar surface area (TPSA) is 69.7 Å². The fraction of sp³-hybridized carbons (Fsp3) is 0.429. The Morgan fingerprint density at radius 1 is 1.15 bits per heavy atom. The molecule has 6 heteroatoms. The van der Waals surface area contributed by atoms with E-state index in [1.54, 1.807) is 18.3 Å². The van der Waals surface area contributed by atoms with Crippen LogP contribution in [0.3, 0.4) is 0 Å². The summed E-state index contributed by atoms with van der Waals surface area (Å²) in [6, 6.07) is 13.5. The number of pyridine rings is 1. The van der Waals surface area contributed by atoms with E-state index < -0.39 is 5.41 Å². The number of nitrogens with zero attached hydrogens (tertiary/aromatic N) is 1. The zero-order chi connectivity index (χ0) is 19.0. The van der Waals surface area contributed by atoms with Crippen LogP contribution in [0.4, 0.5) is 5.69 Å². The van der Waals surface area contributed by atoms with E-state index in [9.17, 15) is 4.79 Å². The Kier molecular flexibility index (Phi) is 6.79. The van der Waals surface area contributed by atoms with Gasteiger partial charge in [-0.25, -0.2) is 4.98 Å². The van der Waals surface area contributed by atoms with Crippen molar-refractivity contribution < 1.29 is 19.0 Å². The minimum atomic E-state index is -0.577.